The van der Waals surface area contributed by atoms with E-state index in [2.05, 4.69) is 5.32 Å². The molecule has 0 unspecified atom stereocenters. The highest BCUT2D eigenvalue weighted by molar-refractivity contribution is 7.98. The number of hydrogen-bond donors (Lipinski definition) is 2. The number of nitrogens with one attached hydrogen (secondary N) is 1. The van der Waals surface area contributed by atoms with Crippen LogP contribution in [0.25, 0.3) is 0 Å². The maximum Gasteiger partial charge on any atom is 0.345 e. The van der Waals surface area contributed by atoms with E-state index in [1.165, 1.54) is 0 Å². The van der Waals surface area contributed by atoms with Gasteiger partial charge in [-0.2, -0.15) is 0 Å². The minimum atomic E-state index is -0.484. The van der Waals surface area contributed by atoms with Gasteiger partial charge in [-0.15, -0.1) is 11.8 Å². The second-order valence-electron chi connectivity index (χ2n) is 3.98. The van der Waals surface area contributed by atoms with Crippen LogP contribution in [0.1, 0.15) is 26.7 Å². The summed E-state index contributed by atoms with van der Waals surface area (Å²) in [7, 11) is 0. The SMILES string of the molecule is CCC(CC)N(O)C(=O)Nc1cccc(SC)c1. The van der Waals surface area contributed by atoms with Crippen molar-refractivity contribution in [2.24, 2.45) is 0 Å². The summed E-state index contributed by atoms with van der Waals surface area (Å²) in [6.07, 6.45) is 3.43. The molecule has 0 aliphatic heterocycles. The number of amides is 2. The van der Waals surface area contributed by atoms with Crippen molar-refractivity contribution in [2.45, 2.75) is 37.6 Å². The van der Waals surface area contributed by atoms with Gasteiger partial charge in [0.15, 0.2) is 0 Å². The Bertz CT molecular complexity index is 394. The molecule has 1 aromatic carbocycles. The van der Waals surface area contributed by atoms with Crippen LogP contribution in [0, 0.1) is 0 Å². The molecule has 0 bridgehead atoms. The zero-order valence-electron chi connectivity index (χ0n) is 11.0. The summed E-state index contributed by atoms with van der Waals surface area (Å²) >= 11 is 1.61. The third-order valence-electron chi connectivity index (χ3n) is 2.82. The smallest absolute Gasteiger partial charge is 0.306 e. The third kappa shape index (κ3) is 3.92. The van der Waals surface area contributed by atoms with Gasteiger partial charge in [0, 0.05) is 10.6 Å². The van der Waals surface area contributed by atoms with Crippen molar-refractivity contribution >= 4 is 23.5 Å². The van der Waals surface area contributed by atoms with Crippen LogP contribution in [0.2, 0.25) is 0 Å². The first-order valence-corrected chi connectivity index (χ1v) is 7.28. The molecule has 5 heteroatoms. The molecule has 0 spiro atoms. The van der Waals surface area contributed by atoms with E-state index in [0.29, 0.717) is 5.69 Å². The lowest BCUT2D eigenvalue weighted by molar-refractivity contribution is -0.0747. The Balaban J connectivity index is 2.68. The van der Waals surface area contributed by atoms with Gasteiger partial charge in [-0.05, 0) is 37.3 Å². The van der Waals surface area contributed by atoms with E-state index < -0.39 is 6.03 Å². The molecule has 0 atom stereocenters. The Hall–Kier alpha value is -1.20. The average molecular weight is 268 g/mol. The largest absolute Gasteiger partial charge is 0.345 e. The van der Waals surface area contributed by atoms with Gasteiger partial charge in [0.25, 0.3) is 0 Å². The van der Waals surface area contributed by atoms with E-state index in [9.17, 15) is 10.0 Å². The quantitative estimate of drug-likeness (QED) is 0.485. The van der Waals surface area contributed by atoms with Gasteiger partial charge >= 0.3 is 6.03 Å². The van der Waals surface area contributed by atoms with Gasteiger partial charge in [-0.1, -0.05) is 19.9 Å². The molecule has 0 saturated heterocycles. The Morgan fingerprint density at radius 3 is 2.67 bits per heavy atom. The number of hydroxylamine groups is 2. The average Bonchev–Trinajstić information content (AvgIpc) is 2.40. The topological polar surface area (TPSA) is 52.6 Å². The lowest BCUT2D eigenvalue weighted by atomic mass is 10.2. The van der Waals surface area contributed by atoms with Crippen LogP contribution >= 0.6 is 11.8 Å². The molecule has 4 nitrogen and oxygen atoms in total. The Morgan fingerprint density at radius 1 is 1.44 bits per heavy atom. The predicted octanol–water partition coefficient (Wildman–Crippen LogP) is 3.82. The number of thioether (sulfide) groups is 1. The minimum absolute atomic E-state index is 0.145. The summed E-state index contributed by atoms with van der Waals surface area (Å²) in [6.45, 7) is 3.89. The number of carbonyl (C=O) groups is 1. The van der Waals surface area contributed by atoms with E-state index in [1.54, 1.807) is 17.8 Å². The fourth-order valence-corrected chi connectivity index (χ4v) is 2.14. The molecule has 2 amide bonds. The summed E-state index contributed by atoms with van der Waals surface area (Å²) in [5, 5.41) is 13.3. The van der Waals surface area contributed by atoms with Gasteiger partial charge in [0.2, 0.25) is 0 Å². The van der Waals surface area contributed by atoms with Gasteiger partial charge in [0.05, 0.1) is 6.04 Å². The maximum absolute atomic E-state index is 11.8. The molecule has 100 valence electrons. The lowest BCUT2D eigenvalue weighted by Crippen LogP contribution is -2.39. The normalized spacial score (nSPS) is 10.5. The van der Waals surface area contributed by atoms with Crippen molar-refractivity contribution in [2.75, 3.05) is 11.6 Å². The Kier molecular flexibility index (Phi) is 6.01. The zero-order valence-corrected chi connectivity index (χ0v) is 11.8. The van der Waals surface area contributed by atoms with Crippen molar-refractivity contribution in [3.63, 3.8) is 0 Å². The number of urea groups is 1. The molecule has 1 rings (SSSR count). The fourth-order valence-electron chi connectivity index (χ4n) is 1.68. The van der Waals surface area contributed by atoms with Crippen molar-refractivity contribution in [3.8, 4) is 0 Å². The molecule has 0 aliphatic rings. The summed E-state index contributed by atoms with van der Waals surface area (Å²) in [5.74, 6) is 0. The van der Waals surface area contributed by atoms with Gasteiger partial charge in [-0.25, -0.2) is 9.86 Å². The highest BCUT2D eigenvalue weighted by atomic mass is 32.2. The number of benzene rings is 1. The van der Waals surface area contributed by atoms with Crippen LogP contribution in [0.4, 0.5) is 10.5 Å². The molecule has 0 saturated carbocycles. The van der Waals surface area contributed by atoms with Gasteiger partial charge < -0.3 is 5.32 Å². The number of carbonyl (C=O) groups excluding carboxylic acids is 1. The molecular formula is C13H20N2O2S. The second-order valence-corrected chi connectivity index (χ2v) is 4.86. The molecule has 0 heterocycles. The summed E-state index contributed by atoms with van der Waals surface area (Å²) in [5.41, 5.74) is 0.692. The summed E-state index contributed by atoms with van der Waals surface area (Å²) < 4.78 is 0. The first kappa shape index (κ1) is 14.9. The van der Waals surface area contributed by atoms with Crippen LogP contribution in [0.15, 0.2) is 29.2 Å². The fraction of sp³-hybridized carbons (Fsp3) is 0.462. The number of rotatable bonds is 5. The third-order valence-corrected chi connectivity index (χ3v) is 3.54. The van der Waals surface area contributed by atoms with E-state index in [0.717, 1.165) is 22.8 Å². The van der Waals surface area contributed by atoms with E-state index in [-0.39, 0.29) is 6.04 Å². The van der Waals surface area contributed by atoms with E-state index in [4.69, 9.17) is 0 Å². The van der Waals surface area contributed by atoms with Crippen molar-refractivity contribution < 1.29 is 10.0 Å². The number of nitrogens with zero attached hydrogens (tertiary/aromatic N) is 1. The van der Waals surface area contributed by atoms with Crippen LogP contribution in [-0.2, 0) is 0 Å². The molecule has 0 aliphatic carbocycles. The first-order valence-electron chi connectivity index (χ1n) is 6.05. The molecule has 0 aromatic heterocycles. The highest BCUT2D eigenvalue weighted by Gasteiger charge is 2.18. The van der Waals surface area contributed by atoms with Crippen molar-refractivity contribution in [1.29, 1.82) is 0 Å². The summed E-state index contributed by atoms with van der Waals surface area (Å²) in [4.78, 5) is 12.9. The number of hydrogen-bond acceptors (Lipinski definition) is 3. The predicted molar refractivity (Wildman–Crippen MR) is 75.2 cm³/mol. The standard InChI is InChI=1S/C13H20N2O2S/c1-4-11(5-2)15(17)13(16)14-10-7-6-8-12(9-10)18-3/h6-9,11,17H,4-5H2,1-3H3,(H,14,16). The minimum Gasteiger partial charge on any atom is -0.306 e. The van der Waals surface area contributed by atoms with Crippen molar-refractivity contribution in [3.05, 3.63) is 24.3 Å². The molecule has 1 aromatic rings. The van der Waals surface area contributed by atoms with E-state index in [1.807, 2.05) is 38.3 Å². The van der Waals surface area contributed by atoms with Gasteiger partial charge in [0.1, 0.15) is 0 Å². The maximum atomic E-state index is 11.8. The summed E-state index contributed by atoms with van der Waals surface area (Å²) in [6, 6.07) is 6.90. The zero-order chi connectivity index (χ0) is 13.5. The van der Waals surface area contributed by atoms with Gasteiger partial charge in [-0.3, -0.25) is 5.21 Å². The van der Waals surface area contributed by atoms with E-state index >= 15 is 0 Å². The second kappa shape index (κ2) is 7.28. The monoisotopic (exact) mass is 268 g/mol. The van der Waals surface area contributed by atoms with Crippen LogP contribution in [0.3, 0.4) is 0 Å². The number of anilines is 1. The molecule has 2 N–H and O–H groups in total. The molecule has 0 radical (unpaired) electrons. The molecular weight excluding hydrogens is 248 g/mol. The lowest BCUT2D eigenvalue weighted by Gasteiger charge is -2.24. The first-order chi connectivity index (χ1) is 8.62. The molecule has 0 fully saturated rings. The van der Waals surface area contributed by atoms with Crippen LogP contribution < -0.4 is 5.32 Å². The Morgan fingerprint density at radius 2 is 2.11 bits per heavy atom. The van der Waals surface area contributed by atoms with Crippen molar-refractivity contribution in [1.82, 2.24) is 5.06 Å². The highest BCUT2D eigenvalue weighted by Crippen LogP contribution is 2.19. The van der Waals surface area contributed by atoms with Crippen LogP contribution in [0.5, 0.6) is 0 Å². The molecule has 18 heavy (non-hydrogen) atoms. The van der Waals surface area contributed by atoms with Crippen LogP contribution in [-0.4, -0.2) is 28.6 Å². The Labute approximate surface area is 112 Å².